The van der Waals surface area contributed by atoms with Crippen molar-refractivity contribution >= 4 is 23.0 Å². The first-order chi connectivity index (χ1) is 30.4. The fourth-order valence-corrected chi connectivity index (χ4v) is 7.10. The van der Waals surface area contributed by atoms with Crippen LogP contribution in [0.4, 0.5) is 0 Å². The molecular formula is C41H44O23. The molecule has 0 unspecified atom stereocenters. The highest BCUT2D eigenvalue weighted by Crippen LogP contribution is 2.41. The van der Waals surface area contributed by atoms with Crippen LogP contribution >= 0.6 is 0 Å². The van der Waals surface area contributed by atoms with Gasteiger partial charge in [-0.15, -0.1) is 0 Å². The summed E-state index contributed by atoms with van der Waals surface area (Å²) < 4.78 is 45.5. The van der Waals surface area contributed by atoms with E-state index in [1.807, 2.05) is 0 Å². The number of ether oxygens (including phenoxy) is 7. The molecule has 346 valence electrons. The number of carbonyl (C=O) groups is 1. The van der Waals surface area contributed by atoms with Crippen LogP contribution in [-0.2, 0) is 28.5 Å². The number of esters is 1. The van der Waals surface area contributed by atoms with Crippen LogP contribution < -0.4 is 14.9 Å². The number of fused-ring (bicyclic) bond motifs is 1. The van der Waals surface area contributed by atoms with Gasteiger partial charge in [0.25, 0.3) is 0 Å². The van der Waals surface area contributed by atoms with E-state index in [0.717, 1.165) is 42.5 Å². The zero-order valence-electron chi connectivity index (χ0n) is 33.2. The number of hydrogen-bond acceptors (Lipinski definition) is 23. The summed E-state index contributed by atoms with van der Waals surface area (Å²) in [6.07, 6.45) is -22.4. The predicted molar refractivity (Wildman–Crippen MR) is 210 cm³/mol. The van der Waals surface area contributed by atoms with Crippen molar-refractivity contribution < 1.29 is 109 Å². The summed E-state index contributed by atoms with van der Waals surface area (Å²) in [5.74, 6) is -5.66. The fourth-order valence-electron chi connectivity index (χ4n) is 7.10. The molecule has 4 heterocycles. The van der Waals surface area contributed by atoms with E-state index in [4.69, 9.17) is 37.6 Å². The van der Waals surface area contributed by atoms with Crippen LogP contribution in [0.1, 0.15) is 12.5 Å². The van der Waals surface area contributed by atoms with Crippen LogP contribution in [-0.4, -0.2) is 172 Å². The molecule has 0 spiro atoms. The Labute approximate surface area is 359 Å². The van der Waals surface area contributed by atoms with E-state index in [-0.39, 0.29) is 16.9 Å². The molecule has 0 bridgehead atoms. The minimum atomic E-state index is -2.09. The Balaban J connectivity index is 1.20. The maximum absolute atomic E-state index is 14.3. The number of rotatable bonds is 11. The second kappa shape index (κ2) is 18.7. The first-order valence-corrected chi connectivity index (χ1v) is 19.4. The van der Waals surface area contributed by atoms with Gasteiger partial charge in [0.15, 0.2) is 47.3 Å². The Morgan fingerprint density at radius 3 is 2.11 bits per heavy atom. The van der Waals surface area contributed by atoms with Crippen LogP contribution in [0.15, 0.2) is 63.8 Å². The van der Waals surface area contributed by atoms with Gasteiger partial charge >= 0.3 is 5.97 Å². The second-order valence-corrected chi connectivity index (χ2v) is 15.1. The van der Waals surface area contributed by atoms with Gasteiger partial charge in [0.1, 0.15) is 71.3 Å². The van der Waals surface area contributed by atoms with Gasteiger partial charge in [-0.25, -0.2) is 4.79 Å². The monoisotopic (exact) mass is 904 g/mol. The SMILES string of the molecule is C[C@@H]1O[C@@H](Oc2cc(O)c3c(=O)c(O[C@@H]4OC[C@@H](O)[C@H](O)[C@H]4O[C@@H]4O[C@H](CO)[C@@H](O)[C@H](OC(=O)/C=C/c5ccc(O)c(O)c5)[C@H]4O)c(-c4ccc(O)c(O)c4)oc3c2)[C@H](O)[C@H](O)[C@H]1O. The topological polar surface area (TPSA) is 375 Å². The third-order valence-electron chi connectivity index (χ3n) is 10.6. The van der Waals surface area contributed by atoms with Crippen molar-refractivity contribution in [3.05, 3.63) is 70.4 Å². The lowest BCUT2D eigenvalue weighted by Gasteiger charge is -2.44. The second-order valence-electron chi connectivity index (χ2n) is 15.1. The molecule has 0 aliphatic carbocycles. The van der Waals surface area contributed by atoms with Crippen LogP contribution in [0, 0.1) is 0 Å². The first-order valence-electron chi connectivity index (χ1n) is 19.4. The summed E-state index contributed by atoms with van der Waals surface area (Å²) in [5, 5.41) is 135. The number of hydrogen-bond donors (Lipinski definition) is 13. The fraction of sp³-hybridized carbons (Fsp3) is 0.415. The zero-order valence-corrected chi connectivity index (χ0v) is 33.2. The van der Waals surface area contributed by atoms with Crippen LogP contribution in [0.25, 0.3) is 28.4 Å². The molecule has 14 atom stereocenters. The maximum Gasteiger partial charge on any atom is 0.331 e. The standard InChI is InChI=1S/C41H44O23/c1-14-28(50)32(54)33(55)39(58-14)59-17-10-22(47)27-24(11-17)60-35(16-4-6-19(44)21(46)9-16)37(31(27)53)63-41-38(29(51)23(48)13-57-41)64-40-34(56)36(30(52)25(12-42)61-40)62-26(49)7-3-15-2-5-18(43)20(45)8-15/h2-11,14,23,25,28-30,32-34,36,38-48,50-52,54-56H,12-13H2,1H3/b7-3+/t14-,23+,25+,28-,29-,30+,32+,33+,34+,36-,38+,39-,40-,41-/m0/s1. The van der Waals surface area contributed by atoms with E-state index >= 15 is 0 Å². The Bertz CT molecular complexity index is 2420. The van der Waals surface area contributed by atoms with E-state index in [2.05, 4.69) is 0 Å². The van der Waals surface area contributed by atoms with E-state index in [1.165, 1.54) is 25.1 Å². The van der Waals surface area contributed by atoms with E-state index in [0.29, 0.717) is 0 Å². The molecule has 13 N–H and O–H groups in total. The Kier molecular flexibility index (Phi) is 13.5. The Hall–Kier alpha value is -5.80. The molecule has 7 rings (SSSR count). The lowest BCUT2D eigenvalue weighted by molar-refractivity contribution is -0.349. The highest BCUT2D eigenvalue weighted by atomic mass is 16.8. The average Bonchev–Trinajstić information content (AvgIpc) is 3.25. The summed E-state index contributed by atoms with van der Waals surface area (Å²) >= 11 is 0. The molecule has 4 aromatic rings. The molecule has 3 aliphatic heterocycles. The molecule has 0 radical (unpaired) electrons. The molecule has 3 aromatic carbocycles. The van der Waals surface area contributed by atoms with Gasteiger partial charge in [0, 0.05) is 23.8 Å². The van der Waals surface area contributed by atoms with Gasteiger partial charge in [0.05, 0.1) is 19.3 Å². The molecule has 64 heavy (non-hydrogen) atoms. The molecule has 3 fully saturated rings. The Morgan fingerprint density at radius 1 is 0.719 bits per heavy atom. The first kappa shape index (κ1) is 46.2. The molecule has 0 saturated carbocycles. The van der Waals surface area contributed by atoms with Gasteiger partial charge in [-0.1, -0.05) is 6.07 Å². The third-order valence-corrected chi connectivity index (χ3v) is 10.6. The molecule has 23 nitrogen and oxygen atoms in total. The number of benzene rings is 3. The van der Waals surface area contributed by atoms with E-state index in [1.54, 1.807) is 0 Å². The number of aliphatic hydroxyl groups is 8. The molecular weight excluding hydrogens is 860 g/mol. The summed E-state index contributed by atoms with van der Waals surface area (Å²) in [5.41, 5.74) is -1.41. The lowest BCUT2D eigenvalue weighted by Crippen LogP contribution is -2.64. The quantitative estimate of drug-likeness (QED) is 0.0444. The molecule has 3 aliphatic rings. The van der Waals surface area contributed by atoms with Gasteiger partial charge in [0.2, 0.25) is 23.8 Å². The minimum Gasteiger partial charge on any atom is -0.507 e. The molecule has 23 heteroatoms. The van der Waals surface area contributed by atoms with Crippen LogP contribution in [0.2, 0.25) is 0 Å². The number of phenolic OH excluding ortho intramolecular Hbond substituents is 5. The number of aliphatic hydroxyl groups excluding tert-OH is 8. The summed E-state index contributed by atoms with van der Waals surface area (Å²) in [4.78, 5) is 27.2. The zero-order chi connectivity index (χ0) is 46.3. The van der Waals surface area contributed by atoms with Crippen molar-refractivity contribution in [1.29, 1.82) is 0 Å². The van der Waals surface area contributed by atoms with E-state index < -0.39 is 162 Å². The highest BCUT2D eigenvalue weighted by molar-refractivity contribution is 5.89. The van der Waals surface area contributed by atoms with Gasteiger partial charge in [-0.3, -0.25) is 4.79 Å². The van der Waals surface area contributed by atoms with Gasteiger partial charge < -0.3 is 104 Å². The van der Waals surface area contributed by atoms with E-state index in [9.17, 15) is 76.0 Å². The van der Waals surface area contributed by atoms with Crippen molar-refractivity contribution in [1.82, 2.24) is 0 Å². The number of phenols is 5. The highest BCUT2D eigenvalue weighted by Gasteiger charge is 2.51. The normalized spacial score (nSPS) is 32.1. The van der Waals surface area contributed by atoms with Crippen LogP contribution in [0.5, 0.6) is 40.2 Å². The number of carbonyl (C=O) groups excluding carboxylic acids is 1. The largest absolute Gasteiger partial charge is 0.507 e. The summed E-state index contributed by atoms with van der Waals surface area (Å²) in [6.45, 7) is -0.168. The van der Waals surface area contributed by atoms with Gasteiger partial charge in [-0.2, -0.15) is 0 Å². The van der Waals surface area contributed by atoms with Gasteiger partial charge in [-0.05, 0) is 48.9 Å². The third kappa shape index (κ3) is 9.23. The summed E-state index contributed by atoms with van der Waals surface area (Å²) in [7, 11) is 0. The molecule has 0 amide bonds. The molecule has 3 saturated heterocycles. The van der Waals surface area contributed by atoms with Crippen molar-refractivity contribution in [2.24, 2.45) is 0 Å². The number of aromatic hydroxyl groups is 5. The van der Waals surface area contributed by atoms with Crippen LogP contribution in [0.3, 0.4) is 0 Å². The lowest BCUT2D eigenvalue weighted by atomic mass is 9.98. The van der Waals surface area contributed by atoms with Crippen molar-refractivity contribution in [2.45, 2.75) is 92.9 Å². The van der Waals surface area contributed by atoms with Crippen molar-refractivity contribution in [3.63, 3.8) is 0 Å². The minimum absolute atomic E-state index is 0.132. The van der Waals surface area contributed by atoms with Crippen molar-refractivity contribution in [3.8, 4) is 51.6 Å². The van der Waals surface area contributed by atoms with Crippen molar-refractivity contribution in [2.75, 3.05) is 13.2 Å². The maximum atomic E-state index is 14.3. The Morgan fingerprint density at radius 2 is 1.42 bits per heavy atom. The molecule has 1 aromatic heterocycles. The predicted octanol–water partition coefficient (Wildman–Crippen LogP) is -1.90. The summed E-state index contributed by atoms with van der Waals surface area (Å²) in [6, 6.07) is 8.86. The average molecular weight is 905 g/mol. The smallest absolute Gasteiger partial charge is 0.331 e.